The second kappa shape index (κ2) is 19.7. The Labute approximate surface area is 494 Å². The van der Waals surface area contributed by atoms with E-state index in [1.807, 2.05) is 0 Å². The van der Waals surface area contributed by atoms with E-state index < -0.39 is 8.07 Å². The number of fused-ring (bicyclic) bond motifs is 10. The molecule has 0 aliphatic rings. The zero-order chi connectivity index (χ0) is 56.0. The summed E-state index contributed by atoms with van der Waals surface area (Å²) >= 11 is 0. The molecule has 0 unspecified atom stereocenters. The molecular weight excluding hydrogens is 1040 g/mol. The van der Waals surface area contributed by atoms with Crippen molar-refractivity contribution in [3.05, 3.63) is 328 Å². The van der Waals surface area contributed by atoms with Gasteiger partial charge in [0.2, 0.25) is 0 Å². The number of rotatable bonds is 9. The Balaban J connectivity index is 0.955. The third kappa shape index (κ3) is 7.71. The third-order valence-corrected chi connectivity index (χ3v) is 22.9. The number of benzene rings is 15. The SMILES string of the molecule is c1ccc([Si](c2ccccc2)(c2ccccc2)c2cc(-n3c4ccccc4c4ccccc43)cc(-n3c4ccccc4c4ccc(-c5ccc6c(-c7ccc8ccccc8c7)c7ccccc7c(-c7ccc8ccccc8c7)c6c5)cc43)c2)cc1. The first-order chi connectivity index (χ1) is 42.2. The number of aromatic nitrogens is 2. The molecular formula is C82H54N2Si. The average molecular weight is 1100 g/mol. The van der Waals surface area contributed by atoms with Crippen molar-refractivity contribution in [2.45, 2.75) is 0 Å². The summed E-state index contributed by atoms with van der Waals surface area (Å²) in [7, 11) is -3.09. The molecule has 2 heterocycles. The van der Waals surface area contributed by atoms with Crippen LogP contribution in [0.1, 0.15) is 0 Å². The van der Waals surface area contributed by atoms with Gasteiger partial charge in [0.1, 0.15) is 0 Å². The van der Waals surface area contributed by atoms with Gasteiger partial charge in [0, 0.05) is 32.9 Å². The summed E-state index contributed by atoms with van der Waals surface area (Å²) in [4.78, 5) is 0. The van der Waals surface area contributed by atoms with Crippen molar-refractivity contribution < 1.29 is 0 Å². The van der Waals surface area contributed by atoms with E-state index in [1.165, 1.54) is 119 Å². The minimum atomic E-state index is -3.09. The van der Waals surface area contributed by atoms with Crippen LogP contribution in [0.3, 0.4) is 0 Å². The van der Waals surface area contributed by atoms with E-state index in [1.54, 1.807) is 0 Å². The van der Waals surface area contributed by atoms with E-state index in [-0.39, 0.29) is 0 Å². The second-order valence-corrected chi connectivity index (χ2v) is 26.5. The van der Waals surface area contributed by atoms with Crippen LogP contribution in [0.15, 0.2) is 328 Å². The van der Waals surface area contributed by atoms with Gasteiger partial charge in [-0.15, -0.1) is 0 Å². The van der Waals surface area contributed by atoms with Gasteiger partial charge in [0.25, 0.3) is 0 Å². The molecule has 0 aliphatic carbocycles. The van der Waals surface area contributed by atoms with E-state index in [0.29, 0.717) is 0 Å². The van der Waals surface area contributed by atoms with Crippen molar-refractivity contribution in [1.29, 1.82) is 0 Å². The molecule has 17 rings (SSSR count). The highest BCUT2D eigenvalue weighted by molar-refractivity contribution is 7.20. The molecule has 17 aromatic rings. The molecule has 85 heavy (non-hydrogen) atoms. The van der Waals surface area contributed by atoms with Crippen molar-refractivity contribution >= 4 is 116 Å². The quantitative estimate of drug-likeness (QED) is 0.0774. The molecule has 3 heteroatoms. The molecule has 2 nitrogen and oxygen atoms in total. The smallest absolute Gasteiger partial charge is 0.179 e. The number of nitrogens with zero attached hydrogens (tertiary/aromatic N) is 2. The summed E-state index contributed by atoms with van der Waals surface area (Å²) in [6.45, 7) is 0. The summed E-state index contributed by atoms with van der Waals surface area (Å²) in [6.07, 6.45) is 0. The first kappa shape index (κ1) is 48.8. The van der Waals surface area contributed by atoms with Crippen molar-refractivity contribution in [2.75, 3.05) is 0 Å². The van der Waals surface area contributed by atoms with Crippen LogP contribution in [0, 0.1) is 0 Å². The summed E-state index contributed by atoms with van der Waals surface area (Å²) < 4.78 is 5.07. The Kier molecular flexibility index (Phi) is 11.3. The Morgan fingerprint density at radius 3 is 1.01 bits per heavy atom. The molecule has 396 valence electrons. The summed E-state index contributed by atoms with van der Waals surface area (Å²) in [5.74, 6) is 0. The zero-order valence-corrected chi connectivity index (χ0v) is 47.6. The largest absolute Gasteiger partial charge is 0.309 e. The molecule has 15 aromatic carbocycles. The van der Waals surface area contributed by atoms with Gasteiger partial charge in [-0.2, -0.15) is 0 Å². The van der Waals surface area contributed by atoms with Crippen LogP contribution >= 0.6 is 0 Å². The first-order valence-corrected chi connectivity index (χ1v) is 31.5. The van der Waals surface area contributed by atoms with Crippen molar-refractivity contribution in [2.24, 2.45) is 0 Å². The van der Waals surface area contributed by atoms with Crippen molar-refractivity contribution in [1.82, 2.24) is 9.13 Å². The maximum atomic E-state index is 2.56. The maximum absolute atomic E-state index is 3.09. The first-order valence-electron chi connectivity index (χ1n) is 29.5. The fraction of sp³-hybridized carbons (Fsp3) is 0. The molecule has 0 fully saturated rings. The highest BCUT2D eigenvalue weighted by Gasteiger charge is 2.42. The summed E-state index contributed by atoms with van der Waals surface area (Å²) in [5.41, 5.74) is 14.1. The van der Waals surface area contributed by atoms with Crippen LogP contribution in [0.25, 0.3) is 131 Å². The molecule has 0 amide bonds. The normalized spacial score (nSPS) is 12.0. The van der Waals surface area contributed by atoms with Crippen LogP contribution in [-0.2, 0) is 0 Å². The van der Waals surface area contributed by atoms with Gasteiger partial charge in [-0.3, -0.25) is 0 Å². The molecule has 0 atom stereocenters. The topological polar surface area (TPSA) is 9.86 Å². The fourth-order valence-electron chi connectivity index (χ4n) is 14.4. The molecule has 0 saturated carbocycles. The monoisotopic (exact) mass is 1090 g/mol. The Bertz CT molecular complexity index is 5330. The highest BCUT2D eigenvalue weighted by atomic mass is 28.3. The minimum absolute atomic E-state index is 1.11. The summed E-state index contributed by atoms with van der Waals surface area (Å²) in [5, 5.41) is 20.1. The van der Waals surface area contributed by atoms with Crippen LogP contribution in [0.4, 0.5) is 0 Å². The van der Waals surface area contributed by atoms with Crippen LogP contribution < -0.4 is 20.7 Å². The average Bonchev–Trinajstić information content (AvgIpc) is 2.23. The molecule has 2 aromatic heterocycles. The van der Waals surface area contributed by atoms with Crippen LogP contribution in [-0.4, -0.2) is 17.2 Å². The maximum Gasteiger partial charge on any atom is 0.179 e. The minimum Gasteiger partial charge on any atom is -0.309 e. The highest BCUT2D eigenvalue weighted by Crippen LogP contribution is 2.47. The lowest BCUT2D eigenvalue weighted by molar-refractivity contribution is 1.14. The molecule has 0 bridgehead atoms. The predicted molar refractivity (Wildman–Crippen MR) is 365 cm³/mol. The summed E-state index contributed by atoms with van der Waals surface area (Å²) in [6, 6.07) is 123. The van der Waals surface area contributed by atoms with Crippen molar-refractivity contribution in [3.63, 3.8) is 0 Å². The van der Waals surface area contributed by atoms with E-state index >= 15 is 0 Å². The van der Waals surface area contributed by atoms with E-state index in [0.717, 1.165) is 33.5 Å². The third-order valence-electron chi connectivity index (χ3n) is 18.2. The van der Waals surface area contributed by atoms with Gasteiger partial charge in [-0.25, -0.2) is 0 Å². The van der Waals surface area contributed by atoms with Gasteiger partial charge >= 0.3 is 0 Å². The standard InChI is InChI=1S/C82H54N2Si/c1-4-26-65(27-5-1)85(66-28-6-2-7-29-66,67-30-8-3-9-31-67)68-53-63(83-77-37-19-16-32-69(77)70-33-17-20-38-78(70)83)52-64(54-68)84-79-39-21-18-34-71(79)72-46-44-60(51-80(72)84)59-45-47-75-76(50-59)82(62-43-41-56-23-11-13-25-58(56)49-62)74-36-15-14-35-73(74)81(75)61-42-40-55-22-10-12-24-57(55)48-61/h1-54H. The molecule has 0 spiro atoms. The van der Waals surface area contributed by atoms with Crippen LogP contribution in [0.5, 0.6) is 0 Å². The van der Waals surface area contributed by atoms with Gasteiger partial charge in [0.05, 0.1) is 22.1 Å². The van der Waals surface area contributed by atoms with E-state index in [4.69, 9.17) is 0 Å². The van der Waals surface area contributed by atoms with E-state index in [2.05, 4.69) is 337 Å². The predicted octanol–water partition coefficient (Wildman–Crippen LogP) is 18.9. The Morgan fingerprint density at radius 2 is 0.529 bits per heavy atom. The fourth-order valence-corrected chi connectivity index (χ4v) is 19.2. The second-order valence-electron chi connectivity index (χ2n) is 22.7. The van der Waals surface area contributed by atoms with Gasteiger partial charge in [-0.05, 0) is 158 Å². The molecule has 0 saturated heterocycles. The number of hydrogen-bond donors (Lipinski definition) is 0. The lowest BCUT2D eigenvalue weighted by Crippen LogP contribution is -2.74. The Hall–Kier alpha value is -10.8. The Morgan fingerprint density at radius 1 is 0.188 bits per heavy atom. The van der Waals surface area contributed by atoms with Crippen LogP contribution in [0.2, 0.25) is 0 Å². The number of para-hydroxylation sites is 3. The van der Waals surface area contributed by atoms with Gasteiger partial charge in [-0.1, -0.05) is 267 Å². The van der Waals surface area contributed by atoms with E-state index in [9.17, 15) is 0 Å². The lowest BCUT2D eigenvalue weighted by Gasteiger charge is -2.35. The number of hydrogen-bond acceptors (Lipinski definition) is 0. The lowest BCUT2D eigenvalue weighted by atomic mass is 9.84. The van der Waals surface area contributed by atoms with Gasteiger partial charge < -0.3 is 9.13 Å². The van der Waals surface area contributed by atoms with Crippen molar-refractivity contribution in [3.8, 4) is 44.8 Å². The molecule has 0 N–H and O–H groups in total. The zero-order valence-electron chi connectivity index (χ0n) is 46.6. The van der Waals surface area contributed by atoms with Gasteiger partial charge in [0.15, 0.2) is 8.07 Å². The molecule has 0 aliphatic heterocycles. The molecule has 0 radical (unpaired) electrons.